The predicted molar refractivity (Wildman–Crippen MR) is 80.1 cm³/mol. The summed E-state index contributed by atoms with van der Waals surface area (Å²) in [5.41, 5.74) is 2.03. The topological polar surface area (TPSA) is 33.2 Å². The van der Waals surface area contributed by atoms with Gasteiger partial charge < -0.3 is 9.69 Å². The molecule has 0 radical (unpaired) electrons. The molecular formula is C17H14N2O. The lowest BCUT2D eigenvalue weighted by atomic mass is 9.96. The molecule has 20 heavy (non-hydrogen) atoms. The van der Waals surface area contributed by atoms with Gasteiger partial charge in [-0.1, -0.05) is 42.5 Å². The van der Waals surface area contributed by atoms with Crippen LogP contribution in [0.25, 0.3) is 5.57 Å². The van der Waals surface area contributed by atoms with Crippen LogP contribution in [-0.4, -0.2) is 17.3 Å². The van der Waals surface area contributed by atoms with E-state index < -0.39 is 0 Å². The molecular weight excluding hydrogens is 248 g/mol. The first kappa shape index (κ1) is 12.4. The highest BCUT2D eigenvalue weighted by Crippen LogP contribution is 2.28. The Labute approximate surface area is 117 Å². The summed E-state index contributed by atoms with van der Waals surface area (Å²) in [6.45, 7) is 0. The monoisotopic (exact) mass is 262 g/mol. The molecule has 0 bridgehead atoms. The fraction of sp³-hybridized carbons (Fsp3) is 0.0588. The summed E-state index contributed by atoms with van der Waals surface area (Å²) >= 11 is 0. The van der Waals surface area contributed by atoms with Gasteiger partial charge in [0.1, 0.15) is 18.1 Å². The Morgan fingerprint density at radius 1 is 1.05 bits per heavy atom. The van der Waals surface area contributed by atoms with Gasteiger partial charge in [-0.25, -0.2) is 4.98 Å². The van der Waals surface area contributed by atoms with E-state index in [0.29, 0.717) is 0 Å². The van der Waals surface area contributed by atoms with Crippen LogP contribution in [0.1, 0.15) is 5.56 Å². The molecule has 1 aliphatic heterocycles. The highest BCUT2D eigenvalue weighted by Gasteiger charge is 2.24. The van der Waals surface area contributed by atoms with E-state index in [1.54, 1.807) is 6.20 Å². The molecule has 3 nitrogen and oxygen atoms in total. The summed E-state index contributed by atoms with van der Waals surface area (Å²) in [4.78, 5) is 17.8. The summed E-state index contributed by atoms with van der Waals surface area (Å²) in [5, 5.41) is 0. The number of allylic oxidation sites excluding steroid dienone is 2. The van der Waals surface area contributed by atoms with E-state index in [2.05, 4.69) is 4.98 Å². The number of carbonyl (C=O) groups excluding carboxylic acids is 1. The number of aromatic nitrogens is 1. The van der Waals surface area contributed by atoms with Gasteiger partial charge in [-0.15, -0.1) is 0 Å². The maximum absolute atomic E-state index is 11.6. The summed E-state index contributed by atoms with van der Waals surface area (Å²) in [7, 11) is 0. The second-order valence-corrected chi connectivity index (χ2v) is 4.51. The fourth-order valence-electron chi connectivity index (χ4n) is 2.34. The molecule has 2 aromatic rings. The van der Waals surface area contributed by atoms with Crippen molar-refractivity contribution in [3.63, 3.8) is 0 Å². The van der Waals surface area contributed by atoms with Crippen LogP contribution >= 0.6 is 0 Å². The molecule has 3 rings (SSSR count). The van der Waals surface area contributed by atoms with Crippen LogP contribution in [0.5, 0.6) is 0 Å². The van der Waals surface area contributed by atoms with Gasteiger partial charge in [-0.2, -0.15) is 0 Å². The minimum Gasteiger partial charge on any atom is -0.319 e. The molecule has 1 unspecified atom stereocenters. The van der Waals surface area contributed by atoms with Crippen molar-refractivity contribution in [3.8, 4) is 0 Å². The highest BCUT2D eigenvalue weighted by atomic mass is 16.1. The van der Waals surface area contributed by atoms with Gasteiger partial charge in [0.15, 0.2) is 0 Å². The van der Waals surface area contributed by atoms with Crippen molar-refractivity contribution in [2.24, 2.45) is 0 Å². The van der Waals surface area contributed by atoms with E-state index in [1.807, 2.05) is 71.8 Å². The first-order valence-corrected chi connectivity index (χ1v) is 6.48. The van der Waals surface area contributed by atoms with E-state index in [0.717, 1.165) is 23.2 Å². The van der Waals surface area contributed by atoms with Crippen LogP contribution in [0.2, 0.25) is 0 Å². The first-order chi connectivity index (χ1) is 9.90. The minimum atomic E-state index is -0.350. The standard InChI is InChI=1S/C17H14N2O/c20-13-16-15(14-7-2-1-3-8-14)9-6-12-19(16)17-10-4-5-11-18-17/h1-13,16H. The molecule has 0 amide bonds. The van der Waals surface area contributed by atoms with E-state index >= 15 is 0 Å². The number of rotatable bonds is 3. The van der Waals surface area contributed by atoms with Crippen molar-refractivity contribution >= 4 is 17.7 Å². The van der Waals surface area contributed by atoms with Gasteiger partial charge in [0, 0.05) is 12.4 Å². The molecule has 3 heteroatoms. The molecule has 1 aromatic carbocycles. The van der Waals surface area contributed by atoms with Crippen LogP contribution in [0, 0.1) is 0 Å². The van der Waals surface area contributed by atoms with Crippen molar-refractivity contribution in [2.75, 3.05) is 4.90 Å². The number of hydrogen-bond donors (Lipinski definition) is 0. The molecule has 0 spiro atoms. The third-order valence-electron chi connectivity index (χ3n) is 3.29. The lowest BCUT2D eigenvalue weighted by Crippen LogP contribution is -2.35. The number of aldehydes is 1. The van der Waals surface area contributed by atoms with Crippen LogP contribution in [0.3, 0.4) is 0 Å². The quantitative estimate of drug-likeness (QED) is 0.797. The number of nitrogens with zero attached hydrogens (tertiary/aromatic N) is 2. The third kappa shape index (κ3) is 2.26. The number of anilines is 1. The van der Waals surface area contributed by atoms with Crippen molar-refractivity contribution in [3.05, 3.63) is 78.6 Å². The molecule has 0 saturated carbocycles. The van der Waals surface area contributed by atoms with Gasteiger partial charge in [-0.3, -0.25) is 0 Å². The lowest BCUT2D eigenvalue weighted by Gasteiger charge is -2.30. The van der Waals surface area contributed by atoms with Gasteiger partial charge in [0.2, 0.25) is 0 Å². The zero-order valence-electron chi connectivity index (χ0n) is 10.9. The van der Waals surface area contributed by atoms with Gasteiger partial charge in [-0.05, 0) is 29.3 Å². The van der Waals surface area contributed by atoms with Crippen molar-refractivity contribution in [2.45, 2.75) is 6.04 Å². The minimum absolute atomic E-state index is 0.350. The molecule has 2 heterocycles. The molecule has 98 valence electrons. The average molecular weight is 262 g/mol. The van der Waals surface area contributed by atoms with Gasteiger partial charge >= 0.3 is 0 Å². The normalized spacial score (nSPS) is 17.7. The Bertz CT molecular complexity index is 647. The van der Waals surface area contributed by atoms with Crippen molar-refractivity contribution in [1.82, 2.24) is 4.98 Å². The second-order valence-electron chi connectivity index (χ2n) is 4.51. The lowest BCUT2D eigenvalue weighted by molar-refractivity contribution is -0.107. The SMILES string of the molecule is O=CC1C(c2ccccc2)=CC=CN1c1ccccn1. The zero-order valence-corrected chi connectivity index (χ0v) is 10.9. The first-order valence-electron chi connectivity index (χ1n) is 6.48. The predicted octanol–water partition coefficient (Wildman–Crippen LogP) is 3.07. The van der Waals surface area contributed by atoms with Crippen LogP contribution in [0.15, 0.2) is 73.1 Å². The molecule has 0 fully saturated rings. The highest BCUT2D eigenvalue weighted by molar-refractivity contribution is 5.90. The fourth-order valence-corrected chi connectivity index (χ4v) is 2.34. The van der Waals surface area contributed by atoms with Crippen LogP contribution < -0.4 is 4.90 Å². The Morgan fingerprint density at radius 2 is 1.85 bits per heavy atom. The molecule has 0 saturated heterocycles. The maximum atomic E-state index is 11.6. The summed E-state index contributed by atoms with van der Waals surface area (Å²) in [5.74, 6) is 0.766. The van der Waals surface area contributed by atoms with Crippen molar-refractivity contribution < 1.29 is 4.79 Å². The zero-order chi connectivity index (χ0) is 13.8. The number of carbonyl (C=O) groups is 1. The maximum Gasteiger partial charge on any atom is 0.147 e. The molecule has 1 aliphatic rings. The van der Waals surface area contributed by atoms with E-state index in [4.69, 9.17) is 0 Å². The third-order valence-corrected chi connectivity index (χ3v) is 3.29. The smallest absolute Gasteiger partial charge is 0.147 e. The van der Waals surface area contributed by atoms with Crippen LogP contribution in [0.4, 0.5) is 5.82 Å². The van der Waals surface area contributed by atoms with Gasteiger partial charge in [0.25, 0.3) is 0 Å². The molecule has 0 N–H and O–H groups in total. The summed E-state index contributed by atoms with van der Waals surface area (Å²) < 4.78 is 0. The second kappa shape index (κ2) is 5.53. The van der Waals surface area contributed by atoms with Crippen molar-refractivity contribution in [1.29, 1.82) is 0 Å². The summed E-state index contributed by atoms with van der Waals surface area (Å²) in [6.07, 6.45) is 8.49. The number of pyridine rings is 1. The Hall–Kier alpha value is -2.68. The average Bonchev–Trinajstić information content (AvgIpc) is 2.55. The Kier molecular flexibility index (Phi) is 3.42. The van der Waals surface area contributed by atoms with Gasteiger partial charge in [0.05, 0.1) is 0 Å². The Balaban J connectivity index is 2.00. The summed E-state index contributed by atoms with van der Waals surface area (Å²) in [6, 6.07) is 15.3. The Morgan fingerprint density at radius 3 is 2.55 bits per heavy atom. The largest absolute Gasteiger partial charge is 0.319 e. The molecule has 0 aliphatic carbocycles. The van der Waals surface area contributed by atoms with E-state index in [1.165, 1.54) is 0 Å². The van der Waals surface area contributed by atoms with E-state index in [-0.39, 0.29) is 6.04 Å². The molecule has 1 aromatic heterocycles. The number of hydrogen-bond acceptors (Lipinski definition) is 3. The van der Waals surface area contributed by atoms with Crippen LogP contribution in [-0.2, 0) is 4.79 Å². The van der Waals surface area contributed by atoms with E-state index in [9.17, 15) is 4.79 Å². The molecule has 1 atom stereocenters. The number of benzene rings is 1.